The number of carbonyl (C=O) groups excluding carboxylic acids is 2. The zero-order valence-corrected chi connectivity index (χ0v) is 16.0. The Balaban J connectivity index is 1.64. The first-order valence-corrected chi connectivity index (χ1v) is 9.64. The first-order chi connectivity index (χ1) is 12.0. The quantitative estimate of drug-likeness (QED) is 0.753. The monoisotopic (exact) mass is 397 g/mol. The smallest absolute Gasteiger partial charge is 0.324 e. The lowest BCUT2D eigenvalue weighted by Crippen LogP contribution is -2.38. The minimum Gasteiger partial charge on any atom is -0.336 e. The van der Waals surface area contributed by atoms with Crippen molar-refractivity contribution in [1.82, 2.24) is 20.4 Å². The number of nitrogens with zero attached hydrogens (tertiary/aromatic N) is 3. The zero-order valence-electron chi connectivity index (χ0n) is 13.6. The number of imide groups is 1. The van der Waals surface area contributed by atoms with E-state index in [9.17, 15) is 9.59 Å². The molecule has 3 rings (SSSR count). The Hall–Kier alpha value is -1.84. The van der Waals surface area contributed by atoms with Gasteiger partial charge in [-0.25, -0.2) is 4.79 Å². The van der Waals surface area contributed by atoms with E-state index in [-0.39, 0.29) is 11.9 Å². The average Bonchev–Trinajstić information content (AvgIpc) is 3.20. The summed E-state index contributed by atoms with van der Waals surface area (Å²) in [5, 5.41) is 14.9. The molecule has 25 heavy (non-hydrogen) atoms. The highest BCUT2D eigenvalue weighted by Crippen LogP contribution is 2.32. The van der Waals surface area contributed by atoms with Crippen molar-refractivity contribution in [2.45, 2.75) is 23.4 Å². The molecular formula is C15H16ClN5O2S2. The molecule has 0 saturated carbocycles. The van der Waals surface area contributed by atoms with Gasteiger partial charge in [-0.2, -0.15) is 0 Å². The molecule has 1 atom stereocenters. The molecule has 0 spiro atoms. The number of thioether (sulfide) groups is 1. The normalized spacial score (nSPS) is 15.2. The molecule has 10 heteroatoms. The van der Waals surface area contributed by atoms with Crippen molar-refractivity contribution in [2.75, 3.05) is 18.4 Å². The number of amides is 3. The van der Waals surface area contributed by atoms with Crippen LogP contribution in [-0.4, -0.2) is 45.4 Å². The average molecular weight is 398 g/mol. The van der Waals surface area contributed by atoms with Gasteiger partial charge in [0.1, 0.15) is 0 Å². The van der Waals surface area contributed by atoms with Crippen LogP contribution in [0.1, 0.15) is 12.5 Å². The van der Waals surface area contributed by atoms with Crippen molar-refractivity contribution in [2.24, 2.45) is 0 Å². The van der Waals surface area contributed by atoms with Gasteiger partial charge >= 0.3 is 6.03 Å². The maximum absolute atomic E-state index is 12.3. The molecule has 0 radical (unpaired) electrons. The van der Waals surface area contributed by atoms with Crippen LogP contribution >= 0.6 is 34.7 Å². The lowest BCUT2D eigenvalue weighted by Gasteiger charge is -2.16. The van der Waals surface area contributed by atoms with Crippen molar-refractivity contribution in [3.63, 3.8) is 0 Å². The number of nitrogens with one attached hydrogen (secondary N) is 2. The predicted octanol–water partition coefficient (Wildman–Crippen LogP) is 3.28. The topological polar surface area (TPSA) is 87.2 Å². The van der Waals surface area contributed by atoms with Gasteiger partial charge < -0.3 is 10.6 Å². The number of urea groups is 1. The minimum atomic E-state index is -0.419. The first-order valence-electron chi connectivity index (χ1n) is 7.57. The maximum atomic E-state index is 12.3. The summed E-state index contributed by atoms with van der Waals surface area (Å²) >= 11 is 8.74. The van der Waals surface area contributed by atoms with Crippen LogP contribution in [0.25, 0.3) is 0 Å². The van der Waals surface area contributed by atoms with E-state index in [0.717, 1.165) is 11.3 Å². The second-order valence-corrected chi connectivity index (χ2v) is 8.37. The maximum Gasteiger partial charge on any atom is 0.324 e. The molecule has 1 aliphatic heterocycles. The number of carbonyl (C=O) groups is 2. The van der Waals surface area contributed by atoms with Crippen LogP contribution in [0, 0.1) is 6.92 Å². The molecule has 2 heterocycles. The Labute approximate surface area is 158 Å². The number of hydrogen-bond donors (Lipinski definition) is 2. The summed E-state index contributed by atoms with van der Waals surface area (Å²) in [7, 11) is 0. The van der Waals surface area contributed by atoms with E-state index in [1.165, 1.54) is 28.0 Å². The lowest BCUT2D eigenvalue weighted by molar-refractivity contribution is -0.126. The molecule has 2 aromatic rings. The van der Waals surface area contributed by atoms with E-state index in [4.69, 9.17) is 11.6 Å². The largest absolute Gasteiger partial charge is 0.336 e. The fourth-order valence-electron chi connectivity index (χ4n) is 2.27. The predicted molar refractivity (Wildman–Crippen MR) is 99.8 cm³/mol. The van der Waals surface area contributed by atoms with Crippen LogP contribution in [-0.2, 0) is 4.79 Å². The van der Waals surface area contributed by atoms with E-state index in [1.54, 1.807) is 6.92 Å². The van der Waals surface area contributed by atoms with Crippen molar-refractivity contribution in [3.8, 4) is 0 Å². The van der Waals surface area contributed by atoms with E-state index >= 15 is 0 Å². The van der Waals surface area contributed by atoms with Gasteiger partial charge in [-0.05, 0) is 31.5 Å². The fourth-order valence-corrected chi connectivity index (χ4v) is 4.41. The summed E-state index contributed by atoms with van der Waals surface area (Å²) in [6.45, 7) is 4.57. The van der Waals surface area contributed by atoms with Crippen LogP contribution in [0.3, 0.4) is 0 Å². The molecule has 1 aromatic heterocycles. The number of hydrogen-bond acceptors (Lipinski definition) is 7. The zero-order chi connectivity index (χ0) is 18.0. The molecular weight excluding hydrogens is 382 g/mol. The van der Waals surface area contributed by atoms with Gasteiger partial charge in [-0.1, -0.05) is 40.8 Å². The van der Waals surface area contributed by atoms with Crippen molar-refractivity contribution in [1.29, 1.82) is 0 Å². The van der Waals surface area contributed by atoms with Crippen molar-refractivity contribution < 1.29 is 9.59 Å². The second-order valence-electron chi connectivity index (χ2n) is 5.39. The van der Waals surface area contributed by atoms with E-state index in [1.807, 2.05) is 25.1 Å². The van der Waals surface area contributed by atoms with Crippen LogP contribution in [0.15, 0.2) is 22.5 Å². The van der Waals surface area contributed by atoms with Crippen LogP contribution in [0.2, 0.25) is 5.02 Å². The van der Waals surface area contributed by atoms with Gasteiger partial charge in [0.05, 0.1) is 5.25 Å². The third-order valence-corrected chi connectivity index (χ3v) is 6.08. The van der Waals surface area contributed by atoms with Crippen LogP contribution < -0.4 is 10.6 Å². The Morgan fingerprint density at radius 2 is 2.28 bits per heavy atom. The standard InChI is InChI=1S/C15H16ClN5O2S2/c1-8-10(16)4-3-5-11(8)18-13-19-20-15(25-13)24-9(2)12(22)21-7-6-17-14(21)23/h3-5,9H,6-7H2,1-2H3,(H,17,23)(H,18,19). The summed E-state index contributed by atoms with van der Waals surface area (Å²) in [5.74, 6) is -0.226. The van der Waals surface area contributed by atoms with Gasteiger partial charge in [0.15, 0.2) is 4.34 Å². The lowest BCUT2D eigenvalue weighted by atomic mass is 10.2. The van der Waals surface area contributed by atoms with Gasteiger partial charge in [0, 0.05) is 23.8 Å². The minimum absolute atomic E-state index is 0.226. The van der Waals surface area contributed by atoms with Crippen LogP contribution in [0.5, 0.6) is 0 Å². The Bertz CT molecular complexity index is 813. The summed E-state index contributed by atoms with van der Waals surface area (Å²) in [6, 6.07) is 5.25. The number of anilines is 2. The van der Waals surface area contributed by atoms with Gasteiger partial charge in [0.25, 0.3) is 0 Å². The third-order valence-electron chi connectivity index (χ3n) is 3.66. The molecule has 1 aromatic carbocycles. The fraction of sp³-hybridized carbons (Fsp3) is 0.333. The Morgan fingerprint density at radius 1 is 1.48 bits per heavy atom. The highest BCUT2D eigenvalue weighted by Gasteiger charge is 2.30. The molecule has 2 N–H and O–H groups in total. The highest BCUT2D eigenvalue weighted by atomic mass is 35.5. The van der Waals surface area contributed by atoms with Crippen LogP contribution in [0.4, 0.5) is 15.6 Å². The van der Waals surface area contributed by atoms with Gasteiger partial charge in [0.2, 0.25) is 11.0 Å². The number of benzene rings is 1. The molecule has 0 aliphatic carbocycles. The first kappa shape index (κ1) is 18.0. The molecule has 1 saturated heterocycles. The van der Waals surface area contributed by atoms with Gasteiger partial charge in [-0.3, -0.25) is 9.69 Å². The molecule has 1 aliphatic rings. The summed E-state index contributed by atoms with van der Waals surface area (Å²) < 4.78 is 0.655. The van der Waals surface area contributed by atoms with Crippen molar-refractivity contribution in [3.05, 3.63) is 28.8 Å². The molecule has 1 fully saturated rings. The van der Waals surface area contributed by atoms with E-state index < -0.39 is 5.25 Å². The SMILES string of the molecule is Cc1c(Cl)cccc1Nc1nnc(SC(C)C(=O)N2CCNC2=O)s1. The molecule has 1 unspecified atom stereocenters. The third kappa shape index (κ3) is 4.05. The van der Waals surface area contributed by atoms with Crippen molar-refractivity contribution >= 4 is 57.5 Å². The summed E-state index contributed by atoms with van der Waals surface area (Å²) in [5.41, 5.74) is 1.79. The second kappa shape index (κ2) is 7.59. The molecule has 3 amide bonds. The molecule has 132 valence electrons. The van der Waals surface area contributed by atoms with E-state index in [0.29, 0.717) is 27.6 Å². The number of aromatic nitrogens is 2. The molecule has 7 nitrogen and oxygen atoms in total. The molecule has 0 bridgehead atoms. The Kier molecular flexibility index (Phi) is 5.45. The number of rotatable bonds is 5. The highest BCUT2D eigenvalue weighted by molar-refractivity contribution is 8.02. The summed E-state index contributed by atoms with van der Waals surface area (Å²) in [4.78, 5) is 25.1. The van der Waals surface area contributed by atoms with E-state index in [2.05, 4.69) is 20.8 Å². The summed E-state index contributed by atoms with van der Waals surface area (Å²) in [6.07, 6.45) is 0. The Morgan fingerprint density at radius 3 is 3.00 bits per heavy atom. The van der Waals surface area contributed by atoms with Gasteiger partial charge in [-0.15, -0.1) is 10.2 Å². The number of halogens is 1.